The van der Waals surface area contributed by atoms with Crippen molar-refractivity contribution < 1.29 is 9.59 Å². The maximum absolute atomic E-state index is 12.5. The molecule has 0 spiro atoms. The Balaban J connectivity index is 1.38. The van der Waals surface area contributed by atoms with Crippen LogP contribution in [-0.4, -0.2) is 32.0 Å². The molecule has 28 heavy (non-hydrogen) atoms. The summed E-state index contributed by atoms with van der Waals surface area (Å²) < 4.78 is 1.85. The predicted molar refractivity (Wildman–Crippen MR) is 109 cm³/mol. The second-order valence-electron chi connectivity index (χ2n) is 6.02. The number of aromatic nitrogens is 3. The lowest BCUT2D eigenvalue weighted by atomic mass is 10.1. The average molecular weight is 388 g/mol. The van der Waals surface area contributed by atoms with Crippen LogP contribution in [0, 0.1) is 0 Å². The first kappa shape index (κ1) is 17.9. The van der Waals surface area contributed by atoms with Crippen molar-refractivity contribution in [3.63, 3.8) is 0 Å². The number of hydrogen-bond acceptors (Lipinski definition) is 5. The molecule has 6 nitrogen and oxygen atoms in total. The number of fused-ring (bicyclic) bond motifs is 1. The van der Waals surface area contributed by atoms with Crippen molar-refractivity contribution in [3.05, 3.63) is 90.1 Å². The summed E-state index contributed by atoms with van der Waals surface area (Å²) in [6, 6.07) is 21.5. The molecular formula is C21H16N4O2S. The Bertz CT molecular complexity index is 1120. The van der Waals surface area contributed by atoms with Crippen molar-refractivity contribution in [2.45, 2.75) is 5.16 Å². The largest absolute Gasteiger partial charge is 0.322 e. The quantitative estimate of drug-likeness (QED) is 0.400. The van der Waals surface area contributed by atoms with Gasteiger partial charge in [-0.2, -0.15) is 0 Å². The molecule has 0 atom stereocenters. The molecule has 4 aromatic rings. The zero-order valence-corrected chi connectivity index (χ0v) is 15.6. The highest BCUT2D eigenvalue weighted by molar-refractivity contribution is 7.99. The van der Waals surface area contributed by atoms with E-state index in [0.29, 0.717) is 22.0 Å². The number of amides is 1. The summed E-state index contributed by atoms with van der Waals surface area (Å²) in [4.78, 5) is 24.6. The lowest BCUT2D eigenvalue weighted by Crippen LogP contribution is -2.11. The van der Waals surface area contributed by atoms with Gasteiger partial charge in [-0.1, -0.05) is 36.0 Å². The third-order valence-corrected chi connectivity index (χ3v) is 5.06. The molecule has 2 aromatic carbocycles. The van der Waals surface area contributed by atoms with E-state index in [-0.39, 0.29) is 17.4 Å². The van der Waals surface area contributed by atoms with E-state index in [4.69, 9.17) is 0 Å². The molecule has 0 saturated carbocycles. The summed E-state index contributed by atoms with van der Waals surface area (Å²) in [7, 11) is 0. The number of thioether (sulfide) groups is 1. The number of rotatable bonds is 6. The van der Waals surface area contributed by atoms with Gasteiger partial charge in [-0.05, 0) is 48.5 Å². The maximum Gasteiger partial charge on any atom is 0.255 e. The van der Waals surface area contributed by atoms with Crippen molar-refractivity contribution in [2.24, 2.45) is 0 Å². The van der Waals surface area contributed by atoms with Gasteiger partial charge in [0.15, 0.2) is 16.6 Å². The Morgan fingerprint density at radius 3 is 2.39 bits per heavy atom. The van der Waals surface area contributed by atoms with Crippen LogP contribution in [0.3, 0.4) is 0 Å². The van der Waals surface area contributed by atoms with Gasteiger partial charge in [-0.25, -0.2) is 0 Å². The highest BCUT2D eigenvalue weighted by Crippen LogP contribution is 2.19. The Morgan fingerprint density at radius 1 is 0.857 bits per heavy atom. The number of pyridine rings is 1. The van der Waals surface area contributed by atoms with E-state index < -0.39 is 0 Å². The fourth-order valence-electron chi connectivity index (χ4n) is 2.66. The van der Waals surface area contributed by atoms with Gasteiger partial charge in [0.1, 0.15) is 0 Å². The first-order valence-corrected chi connectivity index (χ1v) is 9.61. The first-order chi connectivity index (χ1) is 13.7. The van der Waals surface area contributed by atoms with Gasteiger partial charge in [0, 0.05) is 23.0 Å². The molecule has 138 valence electrons. The van der Waals surface area contributed by atoms with Gasteiger partial charge in [0.2, 0.25) is 0 Å². The Morgan fingerprint density at radius 2 is 1.61 bits per heavy atom. The number of nitrogens with zero attached hydrogens (tertiary/aromatic N) is 3. The van der Waals surface area contributed by atoms with Crippen molar-refractivity contribution in [1.29, 1.82) is 0 Å². The molecule has 0 aliphatic heterocycles. The first-order valence-electron chi connectivity index (χ1n) is 8.63. The van der Waals surface area contributed by atoms with Crippen LogP contribution in [0.25, 0.3) is 5.65 Å². The Labute approximate surface area is 165 Å². The molecule has 1 amide bonds. The van der Waals surface area contributed by atoms with E-state index in [1.807, 2.05) is 47.0 Å². The van der Waals surface area contributed by atoms with Crippen molar-refractivity contribution in [3.8, 4) is 0 Å². The minimum atomic E-state index is -0.186. The smallest absolute Gasteiger partial charge is 0.255 e. The van der Waals surface area contributed by atoms with Crippen LogP contribution in [0.5, 0.6) is 0 Å². The number of anilines is 1. The molecule has 1 N–H and O–H groups in total. The maximum atomic E-state index is 12.5. The third kappa shape index (κ3) is 3.94. The summed E-state index contributed by atoms with van der Waals surface area (Å²) in [6.07, 6.45) is 1.87. The molecule has 7 heteroatoms. The zero-order valence-electron chi connectivity index (χ0n) is 14.8. The van der Waals surface area contributed by atoms with Gasteiger partial charge >= 0.3 is 0 Å². The highest BCUT2D eigenvalue weighted by Gasteiger charge is 2.11. The predicted octanol–water partition coefficient (Wildman–Crippen LogP) is 3.96. The number of carbonyl (C=O) groups excluding carboxylic acids is 2. The summed E-state index contributed by atoms with van der Waals surface area (Å²) in [5.74, 6) is 0.0540. The molecule has 2 heterocycles. The molecule has 0 aliphatic rings. The van der Waals surface area contributed by atoms with Gasteiger partial charge in [-0.15, -0.1) is 10.2 Å². The molecule has 2 aromatic heterocycles. The Kier molecular flexibility index (Phi) is 5.16. The second kappa shape index (κ2) is 8.06. The van der Waals surface area contributed by atoms with Crippen molar-refractivity contribution >= 4 is 34.8 Å². The van der Waals surface area contributed by atoms with E-state index in [9.17, 15) is 9.59 Å². The normalized spacial score (nSPS) is 10.7. The van der Waals surface area contributed by atoms with Crippen LogP contribution in [0.15, 0.2) is 84.1 Å². The number of ketones is 1. The second-order valence-corrected chi connectivity index (χ2v) is 6.96. The van der Waals surface area contributed by atoms with Crippen LogP contribution >= 0.6 is 11.8 Å². The van der Waals surface area contributed by atoms with Gasteiger partial charge in [0.05, 0.1) is 5.75 Å². The van der Waals surface area contributed by atoms with Gasteiger partial charge in [0.25, 0.3) is 5.91 Å². The number of benzene rings is 2. The van der Waals surface area contributed by atoms with E-state index in [2.05, 4.69) is 15.5 Å². The number of carbonyl (C=O) groups is 2. The van der Waals surface area contributed by atoms with E-state index in [0.717, 1.165) is 5.65 Å². The average Bonchev–Trinajstić information content (AvgIpc) is 3.16. The molecule has 0 radical (unpaired) electrons. The summed E-state index contributed by atoms with van der Waals surface area (Å²) in [5.41, 5.74) is 2.55. The highest BCUT2D eigenvalue weighted by atomic mass is 32.2. The topological polar surface area (TPSA) is 76.4 Å². The molecular weight excluding hydrogens is 372 g/mol. The summed E-state index contributed by atoms with van der Waals surface area (Å²) in [5, 5.41) is 11.7. The molecule has 4 rings (SSSR count). The molecule has 0 bridgehead atoms. The Hall–Kier alpha value is -3.45. The van der Waals surface area contributed by atoms with Crippen LogP contribution in [0.2, 0.25) is 0 Å². The van der Waals surface area contributed by atoms with E-state index in [1.165, 1.54) is 11.8 Å². The van der Waals surface area contributed by atoms with Crippen molar-refractivity contribution in [1.82, 2.24) is 14.6 Å². The van der Waals surface area contributed by atoms with Crippen LogP contribution in [0.1, 0.15) is 20.7 Å². The van der Waals surface area contributed by atoms with E-state index >= 15 is 0 Å². The minimum absolute atomic E-state index is 0.0152. The van der Waals surface area contributed by atoms with Gasteiger partial charge in [-0.3, -0.25) is 14.0 Å². The summed E-state index contributed by atoms with van der Waals surface area (Å²) >= 11 is 1.34. The number of hydrogen-bond donors (Lipinski definition) is 1. The van der Waals surface area contributed by atoms with Crippen LogP contribution in [0.4, 0.5) is 5.69 Å². The zero-order chi connectivity index (χ0) is 19.3. The molecule has 0 aliphatic carbocycles. The fraction of sp³-hybridized carbons (Fsp3) is 0.0476. The number of Topliss-reactive ketones (excluding diaryl/α,β-unsaturated/α-hetero) is 1. The number of nitrogens with one attached hydrogen (secondary N) is 1. The van der Waals surface area contributed by atoms with Crippen LogP contribution < -0.4 is 5.32 Å². The summed E-state index contributed by atoms with van der Waals surface area (Å²) in [6.45, 7) is 0. The van der Waals surface area contributed by atoms with Crippen LogP contribution in [-0.2, 0) is 0 Å². The SMILES string of the molecule is O=C(CSc1nnc2ccccn12)c1ccc(NC(=O)c2ccccc2)cc1. The van der Waals surface area contributed by atoms with Crippen molar-refractivity contribution in [2.75, 3.05) is 11.1 Å². The lowest BCUT2D eigenvalue weighted by Gasteiger charge is -2.06. The molecule has 0 saturated heterocycles. The molecule has 0 fully saturated rings. The third-order valence-electron chi connectivity index (χ3n) is 4.12. The molecule has 0 unspecified atom stereocenters. The standard InChI is InChI=1S/C21H16N4O2S/c26-18(14-28-21-24-23-19-8-4-5-13-25(19)21)15-9-11-17(12-10-15)22-20(27)16-6-2-1-3-7-16/h1-13H,14H2,(H,22,27). The van der Waals surface area contributed by atoms with Gasteiger partial charge < -0.3 is 5.32 Å². The van der Waals surface area contributed by atoms with E-state index in [1.54, 1.807) is 36.4 Å². The fourth-order valence-corrected chi connectivity index (χ4v) is 3.48. The lowest BCUT2D eigenvalue weighted by molar-refractivity contribution is 0.101. The monoisotopic (exact) mass is 388 g/mol. The minimum Gasteiger partial charge on any atom is -0.322 e.